The van der Waals surface area contributed by atoms with Crippen molar-refractivity contribution < 1.29 is 18.7 Å². The van der Waals surface area contributed by atoms with Gasteiger partial charge in [-0.2, -0.15) is 0 Å². The third-order valence-corrected chi connectivity index (χ3v) is 6.17. The number of halogens is 2. The number of carboxylic acids is 1. The van der Waals surface area contributed by atoms with Gasteiger partial charge in [0.15, 0.2) is 0 Å². The van der Waals surface area contributed by atoms with Crippen LogP contribution in [0.1, 0.15) is 51.2 Å². The summed E-state index contributed by atoms with van der Waals surface area (Å²) in [7, 11) is 0.500. The minimum absolute atomic E-state index is 0.236. The van der Waals surface area contributed by atoms with Crippen molar-refractivity contribution in [2.24, 2.45) is 0 Å². The van der Waals surface area contributed by atoms with Crippen LogP contribution >= 0.6 is 11.9 Å². The summed E-state index contributed by atoms with van der Waals surface area (Å²) in [6.45, 7) is 7.07. The molecule has 1 aromatic carbocycles. The number of hydrogen-bond donors (Lipinski definition) is 1. The molecule has 1 aliphatic heterocycles. The quantitative estimate of drug-likeness (QED) is 0.444. The maximum Gasteiger partial charge on any atom is 0.307 e. The van der Waals surface area contributed by atoms with Gasteiger partial charge in [0.1, 0.15) is 5.82 Å². The number of carboxylic acid groups (broad SMARTS) is 1. The van der Waals surface area contributed by atoms with Crippen molar-refractivity contribution in [3.05, 3.63) is 58.9 Å². The molecule has 0 aromatic heterocycles. The van der Waals surface area contributed by atoms with Crippen LogP contribution in [0.2, 0.25) is 0 Å². The van der Waals surface area contributed by atoms with Crippen molar-refractivity contribution >= 4 is 17.9 Å². The van der Waals surface area contributed by atoms with E-state index in [0.717, 1.165) is 24.8 Å². The number of carbonyl (C=O) groups is 1. The molecule has 1 saturated heterocycles. The van der Waals surface area contributed by atoms with Gasteiger partial charge < -0.3 is 5.11 Å². The van der Waals surface area contributed by atoms with Gasteiger partial charge in [-0.25, -0.2) is 8.70 Å². The van der Waals surface area contributed by atoms with Crippen LogP contribution in [0.25, 0.3) is 0 Å². The van der Waals surface area contributed by atoms with E-state index in [2.05, 4.69) is 43.3 Å². The van der Waals surface area contributed by atoms with E-state index >= 15 is 0 Å². The summed E-state index contributed by atoms with van der Waals surface area (Å²) >= 11 is 1.84. The van der Waals surface area contributed by atoms with Gasteiger partial charge in [0.05, 0.1) is 13.6 Å². The van der Waals surface area contributed by atoms with Crippen LogP contribution in [0.4, 0.5) is 8.78 Å². The normalized spacial score (nSPS) is 20.7. The number of alkyl halides is 1. The number of allylic oxidation sites excluding steroid dienone is 3. The predicted molar refractivity (Wildman–Crippen MR) is 114 cm³/mol. The first-order chi connectivity index (χ1) is 13.4. The maximum absolute atomic E-state index is 14.2. The summed E-state index contributed by atoms with van der Waals surface area (Å²) in [6.07, 6.45) is 9.57. The van der Waals surface area contributed by atoms with Gasteiger partial charge in [-0.15, -0.1) is 0 Å². The Morgan fingerprint density at radius 3 is 2.64 bits per heavy atom. The highest BCUT2D eigenvalue weighted by Crippen LogP contribution is 2.37. The van der Waals surface area contributed by atoms with E-state index in [4.69, 9.17) is 5.11 Å². The molecule has 6 heteroatoms. The summed E-state index contributed by atoms with van der Waals surface area (Å²) in [6, 6.07) is 5.33. The monoisotopic (exact) mass is 411 g/mol. The van der Waals surface area contributed by atoms with Crippen molar-refractivity contribution in [1.82, 2.24) is 4.31 Å². The largest absolute Gasteiger partial charge is 0.481 e. The van der Waals surface area contributed by atoms with Crippen molar-refractivity contribution in [1.29, 1.82) is 0 Å². The van der Waals surface area contributed by atoms with Gasteiger partial charge in [-0.05, 0) is 55.9 Å². The van der Waals surface area contributed by atoms with Gasteiger partial charge >= 0.3 is 5.97 Å². The topological polar surface area (TPSA) is 40.5 Å². The number of hydrogen-bond acceptors (Lipinski definition) is 3. The Kier molecular flexibility index (Phi) is 11.1. The molecule has 28 heavy (non-hydrogen) atoms. The molecule has 1 aliphatic rings. The van der Waals surface area contributed by atoms with E-state index in [1.165, 1.54) is 11.6 Å². The van der Waals surface area contributed by atoms with E-state index in [0.29, 0.717) is 25.0 Å². The lowest BCUT2D eigenvalue weighted by molar-refractivity contribution is -0.136. The molecule has 1 N–H and O–H groups in total. The fraction of sp³-hybridized carbons (Fsp3) is 0.500. The smallest absolute Gasteiger partial charge is 0.307 e. The van der Waals surface area contributed by atoms with Crippen LogP contribution in [0, 0.1) is 5.82 Å². The van der Waals surface area contributed by atoms with E-state index in [1.807, 2.05) is 18.0 Å². The van der Waals surface area contributed by atoms with E-state index in [-0.39, 0.29) is 12.0 Å². The number of benzene rings is 1. The van der Waals surface area contributed by atoms with Crippen molar-refractivity contribution in [3.63, 3.8) is 0 Å². The molecule has 2 rings (SSSR count). The average molecular weight is 412 g/mol. The molecule has 1 unspecified atom stereocenters. The number of rotatable bonds is 7. The second-order valence-corrected chi connectivity index (χ2v) is 7.94. The minimum Gasteiger partial charge on any atom is -0.481 e. The summed E-state index contributed by atoms with van der Waals surface area (Å²) < 4.78 is 26.0. The Labute approximate surface area is 171 Å². The number of nitrogens with zero attached hydrogens (tertiary/aromatic N) is 1. The third kappa shape index (κ3) is 7.40. The summed E-state index contributed by atoms with van der Waals surface area (Å²) in [5, 5.41) is 9.26. The third-order valence-electron chi connectivity index (χ3n) is 4.65. The van der Waals surface area contributed by atoms with Crippen LogP contribution in [0.15, 0.2) is 42.0 Å². The predicted octanol–water partition coefficient (Wildman–Crippen LogP) is 5.95. The maximum atomic E-state index is 14.2. The molecule has 1 aromatic rings. The summed E-state index contributed by atoms with van der Waals surface area (Å²) in [5.74, 6) is -1.45. The molecule has 1 heterocycles. The SMILES string of the molecule is C/C=C(\C=C/CC)C1CC[C@H](C)N(Cc2ccc(CC(=O)O)c(F)c2)S1.CF. The highest BCUT2D eigenvalue weighted by Gasteiger charge is 2.27. The zero-order valence-corrected chi connectivity index (χ0v) is 17.9. The first kappa shape index (κ1) is 24.4. The Morgan fingerprint density at radius 1 is 1.36 bits per heavy atom. The second kappa shape index (κ2) is 12.7. The Hall–Kier alpha value is -1.66. The second-order valence-electron chi connectivity index (χ2n) is 6.69. The van der Waals surface area contributed by atoms with Crippen LogP contribution < -0.4 is 0 Å². The van der Waals surface area contributed by atoms with Crippen LogP contribution in [-0.2, 0) is 17.8 Å². The van der Waals surface area contributed by atoms with Gasteiger partial charge in [0, 0.05) is 17.8 Å². The van der Waals surface area contributed by atoms with Crippen molar-refractivity contribution in [2.75, 3.05) is 7.18 Å². The molecule has 1 fully saturated rings. The van der Waals surface area contributed by atoms with Crippen LogP contribution in [-0.4, -0.2) is 33.9 Å². The molecule has 0 aliphatic carbocycles. The zero-order chi connectivity index (χ0) is 21.1. The molecular formula is C22H31F2NO2S. The lowest BCUT2D eigenvalue weighted by Gasteiger charge is -2.37. The van der Waals surface area contributed by atoms with Gasteiger partial charge in [0.2, 0.25) is 0 Å². The molecular weight excluding hydrogens is 380 g/mol. The first-order valence-electron chi connectivity index (χ1n) is 9.57. The van der Waals surface area contributed by atoms with Gasteiger partial charge in [0.25, 0.3) is 0 Å². The first-order valence-corrected chi connectivity index (χ1v) is 10.4. The highest BCUT2D eigenvalue weighted by molar-refractivity contribution is 7.97. The lowest BCUT2D eigenvalue weighted by atomic mass is 10.0. The van der Waals surface area contributed by atoms with E-state index in [1.54, 1.807) is 6.07 Å². The van der Waals surface area contributed by atoms with Crippen LogP contribution in [0.3, 0.4) is 0 Å². The van der Waals surface area contributed by atoms with Crippen LogP contribution in [0.5, 0.6) is 0 Å². The molecule has 156 valence electrons. The van der Waals surface area contributed by atoms with Gasteiger partial charge in [-0.1, -0.05) is 49.2 Å². The minimum atomic E-state index is -1.02. The average Bonchev–Trinajstić information content (AvgIpc) is 2.68. The number of aliphatic carboxylic acids is 1. The molecule has 0 saturated carbocycles. The Balaban J connectivity index is 0.00000190. The molecule has 0 bridgehead atoms. The highest BCUT2D eigenvalue weighted by atomic mass is 32.2. The molecule has 0 amide bonds. The molecule has 0 spiro atoms. The fourth-order valence-corrected chi connectivity index (χ4v) is 4.54. The molecule has 3 nitrogen and oxygen atoms in total. The Bertz CT molecular complexity index is 691. The van der Waals surface area contributed by atoms with Crippen molar-refractivity contribution in [3.8, 4) is 0 Å². The van der Waals surface area contributed by atoms with E-state index in [9.17, 15) is 13.6 Å². The molecule has 2 atom stereocenters. The molecule has 0 radical (unpaired) electrons. The fourth-order valence-electron chi connectivity index (χ4n) is 3.10. The standard InChI is InChI=1S/C21H28FNO2S.CH3F/c1-4-6-7-17(5-2)20-11-8-15(3)23(26-20)14-16-9-10-18(13-21(24)25)19(22)12-16;1-2/h5-7,9-10,12,15,20H,4,8,11,13-14H2,1-3H3,(H,24,25);1H3/b7-6-,17-5+;/t15-,20?;/m0./s1. The summed E-state index contributed by atoms with van der Waals surface area (Å²) in [5.41, 5.74) is 2.46. The van der Waals surface area contributed by atoms with E-state index < -0.39 is 11.8 Å². The van der Waals surface area contributed by atoms with Gasteiger partial charge in [-0.3, -0.25) is 9.18 Å². The van der Waals surface area contributed by atoms with Crippen molar-refractivity contribution in [2.45, 2.75) is 64.3 Å². The lowest BCUT2D eigenvalue weighted by Crippen LogP contribution is -2.34. The summed E-state index contributed by atoms with van der Waals surface area (Å²) in [4.78, 5) is 10.8. The zero-order valence-electron chi connectivity index (χ0n) is 17.1. The Morgan fingerprint density at radius 2 is 2.07 bits per heavy atom.